The minimum Gasteiger partial charge on any atom is -0.506 e. The summed E-state index contributed by atoms with van der Waals surface area (Å²) >= 11 is 12.1. The number of benzene rings is 2. The predicted molar refractivity (Wildman–Crippen MR) is 136 cm³/mol. The number of rotatable bonds is 4. The summed E-state index contributed by atoms with van der Waals surface area (Å²) in [4.78, 5) is 6.54. The minimum atomic E-state index is -0.270. The highest BCUT2D eigenvalue weighted by molar-refractivity contribution is 7.80. The fraction of sp³-hybridized carbons (Fsp3) is 0.154. The van der Waals surface area contributed by atoms with E-state index in [-0.39, 0.29) is 17.8 Å². The second kappa shape index (κ2) is 8.54. The minimum absolute atomic E-state index is 0.111. The lowest BCUT2D eigenvalue weighted by molar-refractivity contribution is 0.472. The number of thiocarbonyl (C=S) groups is 1. The summed E-state index contributed by atoms with van der Waals surface area (Å²) in [5.41, 5.74) is 5.95. The van der Waals surface area contributed by atoms with Gasteiger partial charge in [0.15, 0.2) is 5.11 Å². The molecule has 0 spiro atoms. The molecule has 2 aromatic heterocycles. The molecule has 1 fully saturated rings. The van der Waals surface area contributed by atoms with Gasteiger partial charge >= 0.3 is 0 Å². The van der Waals surface area contributed by atoms with Crippen molar-refractivity contribution < 1.29 is 5.11 Å². The van der Waals surface area contributed by atoms with Crippen LogP contribution in [0.4, 0.5) is 5.69 Å². The first-order valence-corrected chi connectivity index (χ1v) is 11.5. The molecule has 1 aliphatic heterocycles. The molecule has 0 unspecified atom stereocenters. The number of aromatic nitrogens is 2. The number of nitrogens with zero attached hydrogens (tertiary/aromatic N) is 3. The van der Waals surface area contributed by atoms with Crippen LogP contribution in [0.1, 0.15) is 34.6 Å². The number of halogens is 1. The molecule has 2 N–H and O–H groups in total. The molecule has 0 aliphatic carbocycles. The smallest absolute Gasteiger partial charge is 0.174 e. The molecule has 0 bridgehead atoms. The van der Waals surface area contributed by atoms with Gasteiger partial charge in [0.1, 0.15) is 11.8 Å². The van der Waals surface area contributed by atoms with Gasteiger partial charge in [0.25, 0.3) is 0 Å². The first-order valence-electron chi connectivity index (χ1n) is 10.7. The van der Waals surface area contributed by atoms with E-state index in [1.54, 1.807) is 24.4 Å². The van der Waals surface area contributed by atoms with Crippen LogP contribution in [-0.2, 0) is 0 Å². The molecule has 5 rings (SSSR count). The molecule has 2 aromatic carbocycles. The van der Waals surface area contributed by atoms with Crippen molar-refractivity contribution in [2.75, 3.05) is 4.90 Å². The van der Waals surface area contributed by atoms with Crippen LogP contribution >= 0.6 is 23.8 Å². The fourth-order valence-electron chi connectivity index (χ4n) is 4.35. The third-order valence-corrected chi connectivity index (χ3v) is 6.70. The standard InChI is InChI=1S/C26H23ClN4OS/c1-16-8-10-19(14-17(16)2)30-13-5-7-21(30)25-24(20-6-3-4-12-28-20)29-26(33)31(25)22-15-18(27)9-11-23(22)32/h3-15,24-25,32H,1-2H3,(H,29,33)/t24-,25-/m0/s1. The second-order valence-electron chi connectivity index (χ2n) is 8.20. The summed E-state index contributed by atoms with van der Waals surface area (Å²) in [5.74, 6) is 0.111. The summed E-state index contributed by atoms with van der Waals surface area (Å²) in [6, 6.07) is 20.9. The highest BCUT2D eigenvalue weighted by Crippen LogP contribution is 2.45. The molecule has 2 atom stereocenters. The van der Waals surface area contributed by atoms with Gasteiger partial charge < -0.3 is 19.9 Å². The number of phenols is 1. The van der Waals surface area contributed by atoms with E-state index < -0.39 is 0 Å². The van der Waals surface area contributed by atoms with Crippen molar-refractivity contribution in [3.8, 4) is 11.4 Å². The van der Waals surface area contributed by atoms with Gasteiger partial charge in [-0.05, 0) is 91.8 Å². The average Bonchev–Trinajstić information content (AvgIpc) is 3.42. The molecule has 33 heavy (non-hydrogen) atoms. The monoisotopic (exact) mass is 474 g/mol. The van der Waals surface area contributed by atoms with Crippen molar-refractivity contribution in [1.82, 2.24) is 14.9 Å². The Balaban J connectivity index is 1.70. The average molecular weight is 475 g/mol. The van der Waals surface area contributed by atoms with Crippen LogP contribution in [0.15, 0.2) is 79.1 Å². The van der Waals surface area contributed by atoms with Crippen LogP contribution in [-0.4, -0.2) is 19.8 Å². The maximum absolute atomic E-state index is 10.7. The van der Waals surface area contributed by atoms with Crippen LogP contribution in [0.3, 0.4) is 0 Å². The Morgan fingerprint density at radius 2 is 1.85 bits per heavy atom. The van der Waals surface area contributed by atoms with Crippen LogP contribution in [0.2, 0.25) is 5.02 Å². The van der Waals surface area contributed by atoms with Gasteiger partial charge in [-0.2, -0.15) is 0 Å². The predicted octanol–water partition coefficient (Wildman–Crippen LogP) is 6.03. The maximum atomic E-state index is 10.7. The van der Waals surface area contributed by atoms with E-state index in [9.17, 15) is 5.11 Å². The molecule has 0 saturated carbocycles. The molecule has 4 aromatic rings. The Bertz CT molecular complexity index is 1340. The molecular weight excluding hydrogens is 452 g/mol. The zero-order valence-electron chi connectivity index (χ0n) is 18.2. The van der Waals surface area contributed by atoms with E-state index in [0.717, 1.165) is 17.1 Å². The van der Waals surface area contributed by atoms with Crippen molar-refractivity contribution >= 4 is 34.6 Å². The van der Waals surface area contributed by atoms with Gasteiger partial charge in [-0.15, -0.1) is 0 Å². The van der Waals surface area contributed by atoms with Crippen molar-refractivity contribution in [3.05, 3.63) is 107 Å². The number of phenolic OH excluding ortho intramolecular Hbond substituents is 1. The number of hydrogen-bond donors (Lipinski definition) is 2. The van der Waals surface area contributed by atoms with E-state index in [1.807, 2.05) is 35.4 Å². The van der Waals surface area contributed by atoms with Gasteiger partial charge in [0.05, 0.1) is 17.4 Å². The summed E-state index contributed by atoms with van der Waals surface area (Å²) in [7, 11) is 0. The molecule has 166 valence electrons. The number of nitrogens with one attached hydrogen (secondary N) is 1. The van der Waals surface area contributed by atoms with Crippen LogP contribution in [0.5, 0.6) is 5.75 Å². The SMILES string of the molecule is Cc1ccc(-n2cccc2[C@H]2[C@H](c3ccccn3)NC(=S)N2c2cc(Cl)ccc2O)cc1C. The zero-order chi connectivity index (χ0) is 23.1. The maximum Gasteiger partial charge on any atom is 0.174 e. The third kappa shape index (κ3) is 3.86. The van der Waals surface area contributed by atoms with Gasteiger partial charge in [0, 0.05) is 28.8 Å². The quantitative estimate of drug-likeness (QED) is 0.354. The molecule has 0 radical (unpaired) electrons. The lowest BCUT2D eigenvalue weighted by Crippen LogP contribution is -2.30. The first kappa shape index (κ1) is 21.5. The Hall–Kier alpha value is -3.35. The summed E-state index contributed by atoms with van der Waals surface area (Å²) < 4.78 is 2.16. The van der Waals surface area contributed by atoms with Gasteiger partial charge in [-0.1, -0.05) is 23.7 Å². The summed E-state index contributed by atoms with van der Waals surface area (Å²) in [6.07, 6.45) is 3.82. The first-order chi connectivity index (χ1) is 15.9. The molecule has 1 saturated heterocycles. The van der Waals surface area contributed by atoms with Crippen molar-refractivity contribution in [2.45, 2.75) is 25.9 Å². The summed E-state index contributed by atoms with van der Waals surface area (Å²) in [6.45, 7) is 4.22. The van der Waals surface area contributed by atoms with E-state index >= 15 is 0 Å². The Morgan fingerprint density at radius 3 is 2.61 bits per heavy atom. The normalized spacial score (nSPS) is 17.9. The number of anilines is 1. The van der Waals surface area contributed by atoms with Crippen molar-refractivity contribution in [3.63, 3.8) is 0 Å². The topological polar surface area (TPSA) is 53.3 Å². The number of aryl methyl sites for hydroxylation is 2. The van der Waals surface area contributed by atoms with Crippen LogP contribution < -0.4 is 10.2 Å². The van der Waals surface area contributed by atoms with Gasteiger partial charge in [-0.3, -0.25) is 4.98 Å². The van der Waals surface area contributed by atoms with E-state index in [0.29, 0.717) is 15.8 Å². The number of aromatic hydroxyl groups is 1. The Kier molecular flexibility index (Phi) is 5.56. The molecule has 1 aliphatic rings. The Labute approximate surface area is 203 Å². The number of pyridine rings is 1. The van der Waals surface area contributed by atoms with Gasteiger partial charge in [0.2, 0.25) is 0 Å². The van der Waals surface area contributed by atoms with Gasteiger partial charge in [-0.25, -0.2) is 0 Å². The largest absolute Gasteiger partial charge is 0.506 e. The summed E-state index contributed by atoms with van der Waals surface area (Å²) in [5, 5.41) is 15.2. The van der Waals surface area contributed by atoms with Crippen molar-refractivity contribution in [1.29, 1.82) is 0 Å². The number of hydrogen-bond acceptors (Lipinski definition) is 3. The zero-order valence-corrected chi connectivity index (χ0v) is 19.8. The molecular formula is C26H23ClN4OS. The lowest BCUT2D eigenvalue weighted by Gasteiger charge is -2.29. The molecule has 3 heterocycles. The van der Waals surface area contributed by atoms with Crippen LogP contribution in [0, 0.1) is 13.8 Å². The molecule has 0 amide bonds. The van der Waals surface area contributed by atoms with Crippen LogP contribution in [0.25, 0.3) is 5.69 Å². The lowest BCUT2D eigenvalue weighted by atomic mass is 10.0. The molecule has 5 nitrogen and oxygen atoms in total. The second-order valence-corrected chi connectivity index (χ2v) is 9.02. The van der Waals surface area contributed by atoms with E-state index in [4.69, 9.17) is 23.8 Å². The molecule has 7 heteroatoms. The highest BCUT2D eigenvalue weighted by Gasteiger charge is 2.43. The third-order valence-electron chi connectivity index (χ3n) is 6.15. The van der Waals surface area contributed by atoms with Crippen molar-refractivity contribution in [2.24, 2.45) is 0 Å². The van der Waals surface area contributed by atoms with E-state index in [1.165, 1.54) is 11.1 Å². The van der Waals surface area contributed by atoms with E-state index in [2.05, 4.69) is 53.0 Å². The Morgan fingerprint density at radius 1 is 1.00 bits per heavy atom. The highest BCUT2D eigenvalue weighted by atomic mass is 35.5. The fourth-order valence-corrected chi connectivity index (χ4v) is 4.86.